The SMILES string of the molecule is O=C(c1cc(C(F)(F)F)c[nH]c1=O)N1CCCC(N2CCNC2=O)C1. The van der Waals surface area contributed by atoms with Gasteiger partial charge in [-0.3, -0.25) is 9.59 Å². The lowest BCUT2D eigenvalue weighted by Gasteiger charge is -2.37. The summed E-state index contributed by atoms with van der Waals surface area (Å²) in [6.07, 6.45) is -2.79. The van der Waals surface area contributed by atoms with E-state index in [0.717, 1.165) is 0 Å². The molecule has 2 N–H and O–H groups in total. The zero-order valence-corrected chi connectivity index (χ0v) is 13.2. The molecule has 10 heteroatoms. The van der Waals surface area contributed by atoms with Gasteiger partial charge in [-0.15, -0.1) is 0 Å². The number of rotatable bonds is 2. The van der Waals surface area contributed by atoms with E-state index < -0.39 is 28.8 Å². The predicted molar refractivity (Wildman–Crippen MR) is 81.1 cm³/mol. The van der Waals surface area contributed by atoms with E-state index in [2.05, 4.69) is 5.32 Å². The molecular formula is C15H17F3N4O3. The minimum absolute atomic E-state index is 0.196. The van der Waals surface area contributed by atoms with Crippen LogP contribution in [0.1, 0.15) is 28.8 Å². The van der Waals surface area contributed by atoms with Crippen molar-refractivity contribution in [2.24, 2.45) is 0 Å². The lowest BCUT2D eigenvalue weighted by Crippen LogP contribution is -2.51. The molecule has 0 aliphatic carbocycles. The van der Waals surface area contributed by atoms with Gasteiger partial charge in [0.15, 0.2) is 0 Å². The van der Waals surface area contributed by atoms with E-state index in [1.807, 2.05) is 4.98 Å². The first-order valence-electron chi connectivity index (χ1n) is 7.91. The summed E-state index contributed by atoms with van der Waals surface area (Å²) in [6, 6.07) is 0.161. The maximum atomic E-state index is 12.8. The topological polar surface area (TPSA) is 85.5 Å². The Morgan fingerprint density at radius 2 is 2.00 bits per heavy atom. The summed E-state index contributed by atoms with van der Waals surface area (Å²) >= 11 is 0. The number of H-pyrrole nitrogens is 1. The molecule has 2 aliphatic rings. The van der Waals surface area contributed by atoms with Gasteiger partial charge in [-0.1, -0.05) is 0 Å². The maximum absolute atomic E-state index is 12.8. The van der Waals surface area contributed by atoms with Crippen LogP contribution in [0.15, 0.2) is 17.1 Å². The minimum Gasteiger partial charge on any atom is -0.336 e. The average Bonchev–Trinajstić information content (AvgIpc) is 3.00. The number of alkyl halides is 3. The number of aromatic amines is 1. The Morgan fingerprint density at radius 3 is 2.64 bits per heavy atom. The molecule has 2 aliphatic heterocycles. The van der Waals surface area contributed by atoms with Crippen molar-refractivity contribution in [1.82, 2.24) is 20.1 Å². The van der Waals surface area contributed by atoms with Crippen LogP contribution in [0.2, 0.25) is 0 Å². The standard InChI is InChI=1S/C15H17F3N4O3/c16-15(17,18)9-6-11(12(23)20-7-9)13(24)21-4-1-2-10(8-21)22-5-3-19-14(22)25/h6-7,10H,1-5,8H2,(H,19,25)(H,20,23). The largest absolute Gasteiger partial charge is 0.417 e. The highest BCUT2D eigenvalue weighted by Crippen LogP contribution is 2.28. The number of pyridine rings is 1. The van der Waals surface area contributed by atoms with Crippen LogP contribution in [-0.2, 0) is 6.18 Å². The zero-order valence-electron chi connectivity index (χ0n) is 13.2. The number of hydrogen-bond acceptors (Lipinski definition) is 3. The molecule has 7 nitrogen and oxygen atoms in total. The number of halogens is 3. The molecule has 25 heavy (non-hydrogen) atoms. The molecule has 3 rings (SSSR count). The average molecular weight is 358 g/mol. The number of aromatic nitrogens is 1. The van der Waals surface area contributed by atoms with Crippen LogP contribution < -0.4 is 10.9 Å². The first-order chi connectivity index (χ1) is 11.8. The van der Waals surface area contributed by atoms with E-state index in [0.29, 0.717) is 44.7 Å². The Hall–Kier alpha value is -2.52. The molecule has 0 bridgehead atoms. The van der Waals surface area contributed by atoms with Gasteiger partial charge >= 0.3 is 12.2 Å². The van der Waals surface area contributed by atoms with Crippen LogP contribution >= 0.6 is 0 Å². The van der Waals surface area contributed by atoms with Crippen LogP contribution in [-0.4, -0.2) is 58.9 Å². The second-order valence-corrected chi connectivity index (χ2v) is 6.10. The van der Waals surface area contributed by atoms with Crippen LogP contribution in [0.4, 0.5) is 18.0 Å². The molecule has 1 atom stereocenters. The number of likely N-dealkylation sites (tertiary alicyclic amines) is 1. The number of piperidine rings is 1. The molecule has 0 aromatic carbocycles. The number of urea groups is 1. The number of nitrogens with one attached hydrogen (secondary N) is 2. The van der Waals surface area contributed by atoms with Crippen molar-refractivity contribution < 1.29 is 22.8 Å². The molecule has 3 heterocycles. The predicted octanol–water partition coefficient (Wildman–Crippen LogP) is 1.02. The van der Waals surface area contributed by atoms with E-state index in [9.17, 15) is 27.6 Å². The third-order valence-corrected chi connectivity index (χ3v) is 4.48. The molecule has 1 unspecified atom stereocenters. The Morgan fingerprint density at radius 1 is 1.24 bits per heavy atom. The van der Waals surface area contributed by atoms with Gasteiger partial charge in [0.25, 0.3) is 11.5 Å². The molecule has 0 saturated carbocycles. The molecule has 3 amide bonds. The van der Waals surface area contributed by atoms with Gasteiger partial charge in [-0.25, -0.2) is 4.79 Å². The molecule has 1 aromatic heterocycles. The van der Waals surface area contributed by atoms with Gasteiger partial charge in [-0.2, -0.15) is 13.2 Å². The summed E-state index contributed by atoms with van der Waals surface area (Å²) < 4.78 is 38.5. The Labute approximate surface area is 140 Å². The van der Waals surface area contributed by atoms with E-state index >= 15 is 0 Å². The summed E-state index contributed by atoms with van der Waals surface area (Å²) in [5, 5.41) is 2.68. The second-order valence-electron chi connectivity index (χ2n) is 6.10. The van der Waals surface area contributed by atoms with Gasteiger partial charge in [0.2, 0.25) is 0 Å². The number of carbonyl (C=O) groups is 2. The van der Waals surface area contributed by atoms with Crippen molar-refractivity contribution in [3.05, 3.63) is 33.7 Å². The molecular weight excluding hydrogens is 341 g/mol. The number of amides is 3. The Kier molecular flexibility index (Phi) is 4.44. The second kappa shape index (κ2) is 6.41. The fourth-order valence-electron chi connectivity index (χ4n) is 3.21. The molecule has 2 saturated heterocycles. The van der Waals surface area contributed by atoms with Crippen molar-refractivity contribution in [2.45, 2.75) is 25.1 Å². The summed E-state index contributed by atoms with van der Waals surface area (Å²) in [5.41, 5.74) is -2.48. The van der Waals surface area contributed by atoms with Crippen molar-refractivity contribution in [1.29, 1.82) is 0 Å². The third-order valence-electron chi connectivity index (χ3n) is 4.48. The van der Waals surface area contributed by atoms with Gasteiger partial charge in [0.05, 0.1) is 11.6 Å². The van der Waals surface area contributed by atoms with Crippen LogP contribution in [0, 0.1) is 0 Å². The zero-order chi connectivity index (χ0) is 18.2. The molecule has 0 radical (unpaired) electrons. The van der Waals surface area contributed by atoms with Crippen LogP contribution in [0.25, 0.3) is 0 Å². The van der Waals surface area contributed by atoms with E-state index in [-0.39, 0.29) is 18.6 Å². The van der Waals surface area contributed by atoms with Crippen molar-refractivity contribution in [3.63, 3.8) is 0 Å². The summed E-state index contributed by atoms with van der Waals surface area (Å²) in [7, 11) is 0. The van der Waals surface area contributed by atoms with E-state index in [1.54, 1.807) is 4.90 Å². The molecule has 2 fully saturated rings. The smallest absolute Gasteiger partial charge is 0.336 e. The van der Waals surface area contributed by atoms with Crippen LogP contribution in [0.3, 0.4) is 0 Å². The summed E-state index contributed by atoms with van der Waals surface area (Å²) in [4.78, 5) is 41.1. The lowest BCUT2D eigenvalue weighted by molar-refractivity contribution is -0.137. The number of hydrogen-bond donors (Lipinski definition) is 2. The fourth-order valence-corrected chi connectivity index (χ4v) is 3.21. The Balaban J connectivity index is 1.81. The maximum Gasteiger partial charge on any atom is 0.417 e. The normalized spacial score (nSPS) is 21.4. The summed E-state index contributed by atoms with van der Waals surface area (Å²) in [5.74, 6) is -0.753. The van der Waals surface area contributed by atoms with E-state index in [1.165, 1.54) is 4.90 Å². The first kappa shape index (κ1) is 17.3. The van der Waals surface area contributed by atoms with E-state index in [4.69, 9.17) is 0 Å². The highest BCUT2D eigenvalue weighted by atomic mass is 19.4. The quantitative estimate of drug-likeness (QED) is 0.828. The third kappa shape index (κ3) is 3.47. The van der Waals surface area contributed by atoms with Gasteiger partial charge in [0.1, 0.15) is 5.56 Å². The van der Waals surface area contributed by atoms with Crippen molar-refractivity contribution in [3.8, 4) is 0 Å². The fraction of sp³-hybridized carbons (Fsp3) is 0.533. The van der Waals surface area contributed by atoms with Gasteiger partial charge < -0.3 is 20.1 Å². The number of carbonyl (C=O) groups excluding carboxylic acids is 2. The Bertz CT molecular complexity index is 746. The van der Waals surface area contributed by atoms with Crippen LogP contribution in [0.5, 0.6) is 0 Å². The lowest BCUT2D eigenvalue weighted by atomic mass is 10.0. The highest BCUT2D eigenvalue weighted by Gasteiger charge is 2.35. The van der Waals surface area contributed by atoms with Crippen molar-refractivity contribution in [2.75, 3.05) is 26.2 Å². The molecule has 0 spiro atoms. The molecule has 136 valence electrons. The van der Waals surface area contributed by atoms with Gasteiger partial charge in [0, 0.05) is 32.4 Å². The van der Waals surface area contributed by atoms with Crippen molar-refractivity contribution >= 4 is 11.9 Å². The highest BCUT2D eigenvalue weighted by molar-refractivity contribution is 5.94. The van der Waals surface area contributed by atoms with Gasteiger partial charge in [-0.05, 0) is 18.9 Å². The first-order valence-corrected chi connectivity index (χ1v) is 7.91. The summed E-state index contributed by atoms with van der Waals surface area (Å²) in [6.45, 7) is 1.58. The minimum atomic E-state index is -4.66. The molecule has 1 aromatic rings. The number of nitrogens with zero attached hydrogens (tertiary/aromatic N) is 2. The monoisotopic (exact) mass is 358 g/mol.